The summed E-state index contributed by atoms with van der Waals surface area (Å²) in [5.41, 5.74) is 7.24. The number of halogens is 2. The molecule has 5 nitrogen and oxygen atoms in total. The van der Waals surface area contributed by atoms with Gasteiger partial charge in [-0.15, -0.1) is 0 Å². The summed E-state index contributed by atoms with van der Waals surface area (Å²) in [7, 11) is 0. The highest BCUT2D eigenvalue weighted by atomic mass is 35.5. The quantitative estimate of drug-likeness (QED) is 0.787. The normalized spacial score (nSPS) is 27.8. The van der Waals surface area contributed by atoms with Gasteiger partial charge in [0.15, 0.2) is 0 Å². The molecule has 0 amide bonds. The molecule has 7 heteroatoms. The lowest BCUT2D eigenvalue weighted by Crippen LogP contribution is -2.57. The van der Waals surface area contributed by atoms with Gasteiger partial charge in [0.25, 0.3) is 0 Å². The van der Waals surface area contributed by atoms with E-state index in [-0.39, 0.29) is 17.6 Å². The summed E-state index contributed by atoms with van der Waals surface area (Å²) in [5.74, 6) is 1.17. The van der Waals surface area contributed by atoms with Gasteiger partial charge < -0.3 is 16.0 Å². The smallest absolute Gasteiger partial charge is 0.202 e. The highest BCUT2D eigenvalue weighted by molar-refractivity contribution is 6.42. The second-order valence-electron chi connectivity index (χ2n) is 7.37. The fraction of sp³-hybridized carbons (Fsp3) is 0.500. The van der Waals surface area contributed by atoms with Crippen molar-refractivity contribution in [3.05, 3.63) is 46.2 Å². The maximum atomic E-state index is 6.46. The van der Waals surface area contributed by atoms with E-state index in [1.807, 2.05) is 24.4 Å². The third kappa shape index (κ3) is 3.09. The predicted octanol–water partition coefficient (Wildman–Crippen LogP) is 2.96. The summed E-state index contributed by atoms with van der Waals surface area (Å²) < 4.78 is 0. The first-order valence-electron chi connectivity index (χ1n) is 8.69. The molecule has 25 heavy (non-hydrogen) atoms. The van der Waals surface area contributed by atoms with Crippen LogP contribution in [0.25, 0.3) is 0 Å². The number of aliphatic imine (C=N–C) groups is 1. The number of fused-ring (bicyclic) bond motifs is 1. The Kier molecular flexibility index (Phi) is 4.34. The standard InChI is InChI=1S/C18H23Cl2N5/c1-18(21)5-8-24(9-6-18)17-23-11-13(16-22-7-10-25(16)17)12-3-2-4-14(19)15(12)20/h2-4,7,10,13,16,22H,5-6,8-9,11,21H2,1H3. The van der Waals surface area contributed by atoms with E-state index in [9.17, 15) is 0 Å². The maximum absolute atomic E-state index is 6.46. The van der Waals surface area contributed by atoms with Crippen LogP contribution in [0.5, 0.6) is 0 Å². The van der Waals surface area contributed by atoms with Gasteiger partial charge in [0.2, 0.25) is 5.96 Å². The first-order valence-corrected chi connectivity index (χ1v) is 9.45. The van der Waals surface area contributed by atoms with Gasteiger partial charge in [-0.25, -0.2) is 0 Å². The van der Waals surface area contributed by atoms with E-state index in [4.69, 9.17) is 33.9 Å². The Morgan fingerprint density at radius 2 is 2.04 bits per heavy atom. The number of likely N-dealkylation sites (tertiary alicyclic amines) is 1. The summed E-state index contributed by atoms with van der Waals surface area (Å²) in [4.78, 5) is 9.46. The van der Waals surface area contributed by atoms with Gasteiger partial charge in [0.05, 0.1) is 16.6 Å². The number of nitrogens with zero attached hydrogens (tertiary/aromatic N) is 3. The maximum Gasteiger partial charge on any atom is 0.202 e. The first kappa shape index (κ1) is 17.0. The van der Waals surface area contributed by atoms with Crippen LogP contribution in [0.15, 0.2) is 35.6 Å². The Bertz CT molecular complexity index is 720. The Morgan fingerprint density at radius 3 is 2.80 bits per heavy atom. The van der Waals surface area contributed by atoms with Gasteiger partial charge in [-0.1, -0.05) is 35.3 Å². The van der Waals surface area contributed by atoms with Crippen molar-refractivity contribution in [1.29, 1.82) is 0 Å². The third-order valence-corrected chi connectivity index (χ3v) is 6.25. The SMILES string of the molecule is CC1(N)CCN(C2=NCC(c3cccc(Cl)c3Cl)C3NC=CN23)CC1. The van der Waals surface area contributed by atoms with Gasteiger partial charge in [-0.3, -0.25) is 9.89 Å². The predicted molar refractivity (Wildman–Crippen MR) is 103 cm³/mol. The van der Waals surface area contributed by atoms with Gasteiger partial charge in [-0.05, 0) is 31.4 Å². The minimum Gasteiger partial charge on any atom is -0.369 e. The molecule has 3 N–H and O–H groups in total. The van der Waals surface area contributed by atoms with E-state index in [0.29, 0.717) is 16.6 Å². The van der Waals surface area contributed by atoms with Crippen LogP contribution in [-0.4, -0.2) is 47.1 Å². The van der Waals surface area contributed by atoms with Crippen molar-refractivity contribution < 1.29 is 0 Å². The third-order valence-electron chi connectivity index (χ3n) is 5.41. The Balaban J connectivity index is 1.60. The van der Waals surface area contributed by atoms with Crippen molar-refractivity contribution >= 4 is 29.2 Å². The molecule has 0 saturated carbocycles. The number of nitrogens with one attached hydrogen (secondary N) is 1. The van der Waals surface area contributed by atoms with Crippen molar-refractivity contribution in [2.24, 2.45) is 10.7 Å². The van der Waals surface area contributed by atoms with E-state index < -0.39 is 0 Å². The zero-order valence-electron chi connectivity index (χ0n) is 14.3. The fourth-order valence-corrected chi connectivity index (χ4v) is 4.26. The van der Waals surface area contributed by atoms with Crippen molar-refractivity contribution in [2.75, 3.05) is 19.6 Å². The molecule has 2 atom stereocenters. The summed E-state index contributed by atoms with van der Waals surface area (Å²) >= 11 is 12.7. The largest absolute Gasteiger partial charge is 0.369 e. The number of piperidine rings is 1. The summed E-state index contributed by atoms with van der Waals surface area (Å²) in [6.07, 6.45) is 6.10. The number of guanidine groups is 1. The lowest BCUT2D eigenvalue weighted by atomic mass is 9.90. The van der Waals surface area contributed by atoms with E-state index in [1.54, 1.807) is 0 Å². The van der Waals surface area contributed by atoms with Crippen molar-refractivity contribution in [3.63, 3.8) is 0 Å². The first-order chi connectivity index (χ1) is 12.0. The van der Waals surface area contributed by atoms with Gasteiger partial charge >= 0.3 is 0 Å². The molecule has 0 aromatic heterocycles. The van der Waals surface area contributed by atoms with Crippen LogP contribution in [-0.2, 0) is 0 Å². The van der Waals surface area contributed by atoms with E-state index >= 15 is 0 Å². The van der Waals surface area contributed by atoms with Crippen LogP contribution in [0.2, 0.25) is 10.0 Å². The Labute approximate surface area is 158 Å². The van der Waals surface area contributed by atoms with E-state index in [1.165, 1.54) is 0 Å². The van der Waals surface area contributed by atoms with E-state index in [2.05, 4.69) is 28.2 Å². The molecule has 1 aromatic rings. The average Bonchev–Trinajstić information content (AvgIpc) is 3.07. The molecule has 1 saturated heterocycles. The van der Waals surface area contributed by atoms with Crippen LogP contribution in [0.3, 0.4) is 0 Å². The van der Waals surface area contributed by atoms with Crippen LogP contribution < -0.4 is 11.1 Å². The molecule has 4 rings (SSSR count). The number of hydrogen-bond acceptors (Lipinski definition) is 5. The van der Waals surface area contributed by atoms with Crippen LogP contribution in [0.1, 0.15) is 31.2 Å². The topological polar surface area (TPSA) is 56.9 Å². The second kappa shape index (κ2) is 6.38. The molecule has 3 aliphatic rings. The lowest BCUT2D eigenvalue weighted by Gasteiger charge is -2.44. The highest BCUT2D eigenvalue weighted by Crippen LogP contribution is 2.37. The molecule has 0 spiro atoms. The van der Waals surface area contributed by atoms with Crippen LogP contribution >= 0.6 is 23.2 Å². The molecular formula is C18H23Cl2N5. The minimum atomic E-state index is -0.0684. The highest BCUT2D eigenvalue weighted by Gasteiger charge is 2.39. The van der Waals surface area contributed by atoms with Crippen molar-refractivity contribution in [2.45, 2.75) is 37.4 Å². The van der Waals surface area contributed by atoms with Gasteiger partial charge in [0.1, 0.15) is 6.17 Å². The number of nitrogens with two attached hydrogens (primary N) is 1. The monoisotopic (exact) mass is 379 g/mol. The lowest BCUT2D eigenvalue weighted by molar-refractivity contribution is 0.205. The van der Waals surface area contributed by atoms with Gasteiger partial charge in [0, 0.05) is 36.9 Å². The Morgan fingerprint density at radius 1 is 1.28 bits per heavy atom. The van der Waals surface area contributed by atoms with Crippen LogP contribution in [0, 0.1) is 0 Å². The number of rotatable bonds is 1. The van der Waals surface area contributed by atoms with Crippen molar-refractivity contribution in [1.82, 2.24) is 15.1 Å². The molecule has 134 valence electrons. The minimum absolute atomic E-state index is 0.0684. The second-order valence-corrected chi connectivity index (χ2v) is 8.15. The number of hydrogen-bond donors (Lipinski definition) is 2. The Hall–Kier alpha value is -1.43. The summed E-state index contributed by atoms with van der Waals surface area (Å²) in [6.45, 7) is 4.68. The number of benzene rings is 1. The zero-order chi connectivity index (χ0) is 17.6. The van der Waals surface area contributed by atoms with E-state index in [0.717, 1.165) is 37.5 Å². The van der Waals surface area contributed by atoms with Gasteiger partial charge in [-0.2, -0.15) is 0 Å². The molecule has 0 aliphatic carbocycles. The van der Waals surface area contributed by atoms with Crippen LogP contribution in [0.4, 0.5) is 0 Å². The summed E-state index contributed by atoms with van der Waals surface area (Å²) in [5, 5.41) is 4.66. The molecule has 0 radical (unpaired) electrons. The molecule has 0 bridgehead atoms. The summed E-state index contributed by atoms with van der Waals surface area (Å²) in [6, 6.07) is 5.81. The van der Waals surface area contributed by atoms with Crippen molar-refractivity contribution in [3.8, 4) is 0 Å². The zero-order valence-corrected chi connectivity index (χ0v) is 15.8. The molecule has 2 unspecified atom stereocenters. The average molecular weight is 380 g/mol. The molecule has 1 fully saturated rings. The molecular weight excluding hydrogens is 357 g/mol. The molecule has 3 aliphatic heterocycles. The molecule has 1 aromatic carbocycles. The molecule has 3 heterocycles. The fourth-order valence-electron chi connectivity index (χ4n) is 3.81.